The quantitative estimate of drug-likeness (QED) is 0.629. The van der Waals surface area contributed by atoms with Crippen molar-refractivity contribution in [3.05, 3.63) is 59.2 Å². The molecule has 23 heavy (non-hydrogen) atoms. The smallest absolute Gasteiger partial charge is 0.299 e. The molecule has 0 atom stereocenters. The average Bonchev–Trinajstić information content (AvgIpc) is 2.75. The average molecular weight is 309 g/mol. The van der Waals surface area contributed by atoms with Crippen molar-refractivity contribution in [3.63, 3.8) is 0 Å². The molecule has 0 spiro atoms. The van der Waals surface area contributed by atoms with Gasteiger partial charge < -0.3 is 9.64 Å². The number of fused-ring (bicyclic) bond motifs is 1. The Balaban J connectivity index is 1.59. The second-order valence-electron chi connectivity index (χ2n) is 5.83. The van der Waals surface area contributed by atoms with Crippen molar-refractivity contribution >= 4 is 17.4 Å². The number of rotatable bonds is 5. The molecule has 1 amide bonds. The third-order valence-electron chi connectivity index (χ3n) is 3.87. The molecule has 2 aromatic carbocycles. The van der Waals surface area contributed by atoms with Crippen molar-refractivity contribution in [3.8, 4) is 5.75 Å². The van der Waals surface area contributed by atoms with Gasteiger partial charge in [-0.1, -0.05) is 18.2 Å². The largest absolute Gasteiger partial charge is 0.494 e. The van der Waals surface area contributed by atoms with E-state index in [4.69, 9.17) is 4.74 Å². The highest BCUT2D eigenvalue weighted by Crippen LogP contribution is 2.28. The van der Waals surface area contributed by atoms with Gasteiger partial charge in [0.05, 0.1) is 17.9 Å². The predicted octanol–water partition coefficient (Wildman–Crippen LogP) is 3.30. The van der Waals surface area contributed by atoms with Crippen LogP contribution in [0, 0.1) is 13.8 Å². The zero-order chi connectivity index (χ0) is 16.4. The summed E-state index contributed by atoms with van der Waals surface area (Å²) < 4.78 is 5.75. The standard InChI is InChI=1S/C19H19NO3/c1-13-10-14(2)12-15(11-13)23-9-5-8-20-17-7-4-3-6-16(17)18(21)19(20)22/h3-4,6-7,10-12H,5,8-9H2,1-2H3. The lowest BCUT2D eigenvalue weighted by Gasteiger charge is -2.16. The molecule has 0 bridgehead atoms. The normalized spacial score (nSPS) is 13.4. The maximum atomic E-state index is 12.1. The third kappa shape index (κ3) is 3.11. The number of hydrogen-bond donors (Lipinski definition) is 0. The topological polar surface area (TPSA) is 46.6 Å². The number of aryl methyl sites for hydroxylation is 2. The van der Waals surface area contributed by atoms with Crippen LogP contribution in [0.25, 0.3) is 0 Å². The summed E-state index contributed by atoms with van der Waals surface area (Å²) in [6, 6.07) is 13.2. The number of carbonyl (C=O) groups is 2. The maximum Gasteiger partial charge on any atom is 0.299 e. The Kier molecular flexibility index (Phi) is 4.15. The van der Waals surface area contributed by atoms with Crippen molar-refractivity contribution in [2.75, 3.05) is 18.1 Å². The Morgan fingerprint density at radius 2 is 1.70 bits per heavy atom. The summed E-state index contributed by atoms with van der Waals surface area (Å²) in [6.45, 7) is 5.05. The summed E-state index contributed by atoms with van der Waals surface area (Å²) in [5.41, 5.74) is 3.52. The van der Waals surface area contributed by atoms with Crippen molar-refractivity contribution in [2.24, 2.45) is 0 Å². The number of ketones is 1. The maximum absolute atomic E-state index is 12.1. The summed E-state index contributed by atoms with van der Waals surface area (Å²) in [6.07, 6.45) is 0.667. The van der Waals surface area contributed by atoms with Gasteiger partial charge in [0.1, 0.15) is 5.75 Å². The van der Waals surface area contributed by atoms with Crippen LogP contribution in [0.15, 0.2) is 42.5 Å². The summed E-state index contributed by atoms with van der Waals surface area (Å²) in [4.78, 5) is 25.5. The predicted molar refractivity (Wildman–Crippen MR) is 89.2 cm³/mol. The molecule has 0 N–H and O–H groups in total. The first-order valence-corrected chi connectivity index (χ1v) is 7.72. The summed E-state index contributed by atoms with van der Waals surface area (Å²) >= 11 is 0. The van der Waals surface area contributed by atoms with Gasteiger partial charge in [-0.2, -0.15) is 0 Å². The Hall–Kier alpha value is -2.62. The first-order chi connectivity index (χ1) is 11.1. The summed E-state index contributed by atoms with van der Waals surface area (Å²) in [5.74, 6) is -0.0276. The Bertz CT molecular complexity index is 747. The van der Waals surface area contributed by atoms with E-state index in [9.17, 15) is 9.59 Å². The van der Waals surface area contributed by atoms with Gasteiger partial charge in [0.15, 0.2) is 0 Å². The van der Waals surface area contributed by atoms with Crippen LogP contribution in [0.1, 0.15) is 27.9 Å². The molecule has 2 aromatic rings. The molecule has 0 saturated heterocycles. The number of nitrogens with zero attached hydrogens (tertiary/aromatic N) is 1. The van der Waals surface area contributed by atoms with E-state index in [1.807, 2.05) is 38.1 Å². The van der Waals surface area contributed by atoms with Gasteiger partial charge in [0.2, 0.25) is 0 Å². The number of ether oxygens (including phenoxy) is 1. The van der Waals surface area contributed by atoms with E-state index in [-0.39, 0.29) is 0 Å². The number of carbonyl (C=O) groups excluding carboxylic acids is 2. The summed E-state index contributed by atoms with van der Waals surface area (Å²) in [5, 5.41) is 0. The number of hydrogen-bond acceptors (Lipinski definition) is 3. The molecular formula is C19H19NO3. The van der Waals surface area contributed by atoms with Gasteiger partial charge in [-0.05, 0) is 55.7 Å². The molecule has 0 aliphatic carbocycles. The van der Waals surface area contributed by atoms with Gasteiger partial charge in [-0.15, -0.1) is 0 Å². The molecule has 4 nitrogen and oxygen atoms in total. The van der Waals surface area contributed by atoms with Gasteiger partial charge >= 0.3 is 0 Å². The minimum absolute atomic E-state index is 0.421. The second kappa shape index (κ2) is 6.24. The van der Waals surface area contributed by atoms with Crippen LogP contribution in [0.5, 0.6) is 5.75 Å². The van der Waals surface area contributed by atoms with Crippen molar-refractivity contribution in [1.29, 1.82) is 0 Å². The monoisotopic (exact) mass is 309 g/mol. The highest BCUT2D eigenvalue weighted by Gasteiger charge is 2.34. The van der Waals surface area contributed by atoms with E-state index in [1.54, 1.807) is 17.0 Å². The molecule has 0 aromatic heterocycles. The zero-order valence-electron chi connectivity index (χ0n) is 13.3. The van der Waals surface area contributed by atoms with Crippen LogP contribution in [0.3, 0.4) is 0 Å². The van der Waals surface area contributed by atoms with E-state index in [1.165, 1.54) is 0 Å². The highest BCUT2D eigenvalue weighted by atomic mass is 16.5. The first-order valence-electron chi connectivity index (χ1n) is 7.72. The molecule has 0 radical (unpaired) electrons. The van der Waals surface area contributed by atoms with Crippen LogP contribution in [-0.4, -0.2) is 24.8 Å². The Labute approximate surface area is 135 Å². The fraction of sp³-hybridized carbons (Fsp3) is 0.263. The molecule has 0 saturated carbocycles. The minimum atomic E-state index is -0.447. The van der Waals surface area contributed by atoms with Crippen LogP contribution in [0.2, 0.25) is 0 Å². The number of benzene rings is 2. The fourth-order valence-electron chi connectivity index (χ4n) is 2.90. The molecule has 1 aliphatic rings. The van der Waals surface area contributed by atoms with E-state index in [2.05, 4.69) is 6.07 Å². The Morgan fingerprint density at radius 3 is 2.43 bits per heavy atom. The number of Topliss-reactive ketones (excluding diaryl/α,β-unsaturated/α-hetero) is 1. The molecule has 0 fully saturated rings. The number of amides is 1. The molecule has 0 unspecified atom stereocenters. The SMILES string of the molecule is Cc1cc(C)cc(OCCCN2C(=O)C(=O)c3ccccc32)c1. The number of para-hydroxylation sites is 1. The van der Waals surface area contributed by atoms with Gasteiger partial charge in [-0.25, -0.2) is 0 Å². The highest BCUT2D eigenvalue weighted by molar-refractivity contribution is 6.52. The molecule has 1 heterocycles. The van der Waals surface area contributed by atoms with E-state index < -0.39 is 11.7 Å². The second-order valence-corrected chi connectivity index (χ2v) is 5.83. The third-order valence-corrected chi connectivity index (χ3v) is 3.87. The van der Waals surface area contributed by atoms with Gasteiger partial charge in [-0.3, -0.25) is 9.59 Å². The lowest BCUT2D eigenvalue weighted by Crippen LogP contribution is -2.31. The van der Waals surface area contributed by atoms with Crippen LogP contribution in [0.4, 0.5) is 5.69 Å². The first kappa shape index (κ1) is 15.3. The van der Waals surface area contributed by atoms with E-state index in [0.717, 1.165) is 16.9 Å². The van der Waals surface area contributed by atoms with Crippen molar-refractivity contribution < 1.29 is 14.3 Å². The van der Waals surface area contributed by atoms with Gasteiger partial charge in [0, 0.05) is 6.54 Å². The van der Waals surface area contributed by atoms with Crippen LogP contribution in [-0.2, 0) is 4.79 Å². The lowest BCUT2D eigenvalue weighted by molar-refractivity contribution is -0.114. The molecule has 4 heteroatoms. The fourth-order valence-corrected chi connectivity index (χ4v) is 2.90. The van der Waals surface area contributed by atoms with Crippen molar-refractivity contribution in [1.82, 2.24) is 0 Å². The van der Waals surface area contributed by atoms with Gasteiger partial charge in [0.25, 0.3) is 11.7 Å². The molecule has 3 rings (SSSR count). The molecular weight excluding hydrogens is 290 g/mol. The van der Waals surface area contributed by atoms with E-state index >= 15 is 0 Å². The minimum Gasteiger partial charge on any atom is -0.494 e. The lowest BCUT2D eigenvalue weighted by atomic mass is 10.1. The molecule has 118 valence electrons. The van der Waals surface area contributed by atoms with Crippen LogP contribution < -0.4 is 9.64 Å². The zero-order valence-corrected chi connectivity index (χ0v) is 13.3. The Morgan fingerprint density at radius 1 is 1.00 bits per heavy atom. The number of anilines is 1. The van der Waals surface area contributed by atoms with Crippen LogP contribution >= 0.6 is 0 Å². The van der Waals surface area contributed by atoms with Crippen molar-refractivity contribution in [2.45, 2.75) is 20.3 Å². The van der Waals surface area contributed by atoms with E-state index in [0.29, 0.717) is 30.8 Å². The molecule has 1 aliphatic heterocycles. The summed E-state index contributed by atoms with van der Waals surface area (Å²) in [7, 11) is 0.